The van der Waals surface area contributed by atoms with Gasteiger partial charge in [0.1, 0.15) is 5.75 Å². The molecule has 1 spiro atoms. The van der Waals surface area contributed by atoms with Crippen molar-refractivity contribution < 1.29 is 33.3 Å². The fourth-order valence-corrected chi connectivity index (χ4v) is 7.72. The smallest absolute Gasteiger partial charge is 0.258 e. The molecule has 5 aliphatic rings. The summed E-state index contributed by atoms with van der Waals surface area (Å²) in [7, 11) is 4.82. The second-order valence-corrected chi connectivity index (χ2v) is 13.7. The molecule has 10 nitrogen and oxygen atoms in total. The van der Waals surface area contributed by atoms with Crippen molar-refractivity contribution in [2.75, 3.05) is 41.1 Å². The zero-order chi connectivity index (χ0) is 33.7. The van der Waals surface area contributed by atoms with Gasteiger partial charge in [0.2, 0.25) is 0 Å². The van der Waals surface area contributed by atoms with E-state index in [0.717, 1.165) is 54.7 Å². The summed E-state index contributed by atoms with van der Waals surface area (Å²) >= 11 is 0. The van der Waals surface area contributed by atoms with Crippen LogP contribution in [0.2, 0.25) is 0 Å². The Morgan fingerprint density at radius 3 is 2.24 bits per heavy atom. The molecular formula is C39H41N3O7. The first-order valence-electron chi connectivity index (χ1n) is 17.1. The van der Waals surface area contributed by atoms with Gasteiger partial charge in [0.15, 0.2) is 23.0 Å². The fourth-order valence-electron chi connectivity index (χ4n) is 7.72. The van der Waals surface area contributed by atoms with Gasteiger partial charge in [-0.1, -0.05) is 12.1 Å². The normalized spacial score (nSPS) is 21.2. The number of rotatable bonds is 10. The van der Waals surface area contributed by atoms with Gasteiger partial charge < -0.3 is 33.5 Å². The van der Waals surface area contributed by atoms with Crippen LogP contribution in [0.25, 0.3) is 5.57 Å². The van der Waals surface area contributed by atoms with Crippen LogP contribution in [0.4, 0.5) is 5.69 Å². The van der Waals surface area contributed by atoms with E-state index in [-0.39, 0.29) is 23.9 Å². The van der Waals surface area contributed by atoms with Crippen molar-refractivity contribution in [2.45, 2.75) is 57.0 Å². The van der Waals surface area contributed by atoms with Gasteiger partial charge in [-0.05, 0) is 91.0 Å². The highest BCUT2D eigenvalue weighted by atomic mass is 16.5. The number of carbonyl (C=O) groups is 2. The van der Waals surface area contributed by atoms with E-state index in [0.29, 0.717) is 64.9 Å². The van der Waals surface area contributed by atoms with E-state index in [1.54, 1.807) is 33.5 Å². The second-order valence-electron chi connectivity index (χ2n) is 13.7. The molecular weight excluding hydrogens is 622 g/mol. The van der Waals surface area contributed by atoms with Gasteiger partial charge >= 0.3 is 0 Å². The minimum atomic E-state index is -0.0211. The van der Waals surface area contributed by atoms with Crippen molar-refractivity contribution in [3.63, 3.8) is 0 Å². The molecule has 2 atom stereocenters. The predicted molar refractivity (Wildman–Crippen MR) is 185 cm³/mol. The molecule has 0 aromatic heterocycles. The van der Waals surface area contributed by atoms with Gasteiger partial charge in [-0.25, -0.2) is 0 Å². The number of benzene rings is 3. The highest BCUT2D eigenvalue weighted by Gasteiger charge is 2.53. The molecule has 2 fully saturated rings. The second kappa shape index (κ2) is 12.5. The molecule has 49 heavy (non-hydrogen) atoms. The zero-order valence-corrected chi connectivity index (χ0v) is 28.2. The molecule has 2 amide bonds. The molecule has 3 aromatic carbocycles. The van der Waals surface area contributed by atoms with E-state index in [4.69, 9.17) is 28.7 Å². The van der Waals surface area contributed by atoms with Gasteiger partial charge in [-0.2, -0.15) is 0 Å². The summed E-state index contributed by atoms with van der Waals surface area (Å²) in [5.41, 5.74) is 5.31. The molecule has 0 N–H and O–H groups in total. The number of methoxy groups -OCH3 is 3. The maximum Gasteiger partial charge on any atom is 0.258 e. The molecule has 1 saturated carbocycles. The lowest BCUT2D eigenvalue weighted by Gasteiger charge is -2.21. The van der Waals surface area contributed by atoms with E-state index < -0.39 is 0 Å². The predicted octanol–water partition coefficient (Wildman–Crippen LogP) is 6.47. The Morgan fingerprint density at radius 1 is 0.837 bits per heavy atom. The third-order valence-corrected chi connectivity index (χ3v) is 10.7. The molecule has 8 rings (SSSR count). The number of nitrogens with zero attached hydrogens (tertiary/aromatic N) is 3. The summed E-state index contributed by atoms with van der Waals surface area (Å²) in [5.74, 6) is 2.97. The van der Waals surface area contributed by atoms with Crippen LogP contribution in [-0.4, -0.2) is 81.0 Å². The average molecular weight is 664 g/mol. The molecule has 0 unspecified atom stereocenters. The summed E-state index contributed by atoms with van der Waals surface area (Å²) in [5, 5.41) is 0. The number of fused-ring (bicyclic) bond motifs is 4. The molecule has 0 bridgehead atoms. The van der Waals surface area contributed by atoms with E-state index >= 15 is 0 Å². The third-order valence-electron chi connectivity index (χ3n) is 10.7. The van der Waals surface area contributed by atoms with Gasteiger partial charge in [-0.15, -0.1) is 0 Å². The minimum Gasteiger partial charge on any atom is -0.497 e. The van der Waals surface area contributed by atoms with Gasteiger partial charge in [0.25, 0.3) is 11.8 Å². The largest absolute Gasteiger partial charge is 0.497 e. The van der Waals surface area contributed by atoms with E-state index in [1.165, 1.54) is 12.8 Å². The SMILES string of the molecule is COc1ccc(C2=CN3C(=O)c4cc(OC)c(OCCCOc5cc6c(cc5OC)C(=O)N5CC7(CC7)C[C@H]5C=N6)cc4CC[C@@H]3C2)cc1. The monoisotopic (exact) mass is 663 g/mol. The number of ether oxygens (including phenoxy) is 5. The molecule has 1 aliphatic carbocycles. The van der Waals surface area contributed by atoms with Crippen molar-refractivity contribution in [2.24, 2.45) is 10.4 Å². The Kier molecular flexibility index (Phi) is 7.96. The molecule has 4 heterocycles. The van der Waals surface area contributed by atoms with Crippen LogP contribution >= 0.6 is 0 Å². The highest BCUT2D eigenvalue weighted by molar-refractivity contribution is 6.03. The molecule has 254 valence electrons. The fraction of sp³-hybridized carbons (Fsp3) is 0.410. The standard InChI is InChI=1S/C39H41N3O7/c1-45-29-9-6-24(7-10-29)26-15-27-8-5-25-16-35(33(46-2)17-30(25)37(43)41(27)22-26)48-13-4-14-49-36-19-32-31(18-34(36)47-3)38(44)42-23-39(11-12-39)20-28(42)21-40-32/h6-7,9-10,16-19,21-22,27-28H,4-5,8,11-15,20,23H2,1-3H3/t27-,28+/m1/s1. The lowest BCUT2D eigenvalue weighted by molar-refractivity contribution is 0.0765. The van der Waals surface area contributed by atoms with Gasteiger partial charge in [0.05, 0.1) is 51.8 Å². The van der Waals surface area contributed by atoms with Crippen LogP contribution in [0.15, 0.2) is 59.7 Å². The zero-order valence-electron chi connectivity index (χ0n) is 28.2. The Bertz CT molecular complexity index is 1860. The number of carbonyl (C=O) groups excluding carboxylic acids is 2. The van der Waals surface area contributed by atoms with Crippen LogP contribution < -0.4 is 23.7 Å². The molecule has 0 radical (unpaired) electrons. The number of amides is 2. The van der Waals surface area contributed by atoms with Crippen molar-refractivity contribution >= 4 is 29.3 Å². The summed E-state index contributed by atoms with van der Waals surface area (Å²) in [6.07, 6.45) is 10.3. The molecule has 3 aromatic rings. The highest BCUT2D eigenvalue weighted by Crippen LogP contribution is 2.55. The Hall–Kier alpha value is -4.99. The number of aryl methyl sites for hydroxylation is 1. The Morgan fingerprint density at radius 2 is 1.55 bits per heavy atom. The summed E-state index contributed by atoms with van der Waals surface area (Å²) in [4.78, 5) is 35.8. The maximum atomic E-state index is 13.8. The summed E-state index contributed by atoms with van der Waals surface area (Å²) in [6.45, 7) is 1.56. The van der Waals surface area contributed by atoms with Gasteiger partial charge in [-0.3, -0.25) is 14.6 Å². The molecule has 1 saturated heterocycles. The Balaban J connectivity index is 0.910. The number of aliphatic imine (C=N–C) groups is 1. The quantitative estimate of drug-likeness (QED) is 0.229. The molecule has 10 heteroatoms. The van der Waals surface area contributed by atoms with Crippen LogP contribution in [-0.2, 0) is 6.42 Å². The first-order chi connectivity index (χ1) is 23.9. The molecule has 4 aliphatic heterocycles. The van der Waals surface area contributed by atoms with Crippen LogP contribution in [0.5, 0.6) is 28.7 Å². The number of hydrogen-bond donors (Lipinski definition) is 0. The van der Waals surface area contributed by atoms with E-state index in [1.807, 2.05) is 58.6 Å². The van der Waals surface area contributed by atoms with Crippen molar-refractivity contribution in [3.05, 3.63) is 77.0 Å². The Labute approximate surface area is 286 Å². The van der Waals surface area contributed by atoms with Crippen LogP contribution in [0, 0.1) is 5.41 Å². The first kappa shape index (κ1) is 31.3. The minimum absolute atomic E-state index is 0.00564. The van der Waals surface area contributed by atoms with Crippen molar-refractivity contribution in [3.8, 4) is 28.7 Å². The lowest BCUT2D eigenvalue weighted by atomic mass is 9.97. The van der Waals surface area contributed by atoms with E-state index in [2.05, 4.69) is 0 Å². The average Bonchev–Trinajstić information content (AvgIpc) is 3.66. The van der Waals surface area contributed by atoms with E-state index in [9.17, 15) is 9.59 Å². The topological polar surface area (TPSA) is 99.1 Å². The maximum absolute atomic E-state index is 13.8. The van der Waals surface area contributed by atoms with Gasteiger partial charge in [0, 0.05) is 43.1 Å². The summed E-state index contributed by atoms with van der Waals surface area (Å²) in [6, 6.07) is 15.4. The first-order valence-corrected chi connectivity index (χ1v) is 17.1. The van der Waals surface area contributed by atoms with Crippen LogP contribution in [0.1, 0.15) is 70.4 Å². The van der Waals surface area contributed by atoms with Crippen molar-refractivity contribution in [1.82, 2.24) is 9.80 Å². The summed E-state index contributed by atoms with van der Waals surface area (Å²) < 4.78 is 28.9. The van der Waals surface area contributed by atoms with Crippen molar-refractivity contribution in [1.29, 1.82) is 0 Å². The van der Waals surface area contributed by atoms with Crippen LogP contribution in [0.3, 0.4) is 0 Å². The lowest BCUT2D eigenvalue weighted by Crippen LogP contribution is -2.35. The number of hydrogen-bond acceptors (Lipinski definition) is 8. The third kappa shape index (κ3) is 5.77.